The molecule has 0 amide bonds. The number of aromatic nitrogens is 2. The summed E-state index contributed by atoms with van der Waals surface area (Å²) in [5.74, 6) is 0.476. The van der Waals surface area contributed by atoms with Crippen LogP contribution in [0.1, 0.15) is 19.0 Å². The van der Waals surface area contributed by atoms with E-state index < -0.39 is 0 Å². The third-order valence-electron chi connectivity index (χ3n) is 3.22. The standard InChI is InChI=1S/C13H25N5O3/c1-5-6-11-12(18(19)20)13(17(3)15-11)14-7-8-16(2)9-10-21-4/h14H,5-10H2,1-4H3. The number of aryl methyl sites for hydroxylation is 2. The van der Waals surface area contributed by atoms with E-state index in [1.807, 2.05) is 14.0 Å². The van der Waals surface area contributed by atoms with Gasteiger partial charge < -0.3 is 15.0 Å². The first kappa shape index (κ1) is 17.4. The summed E-state index contributed by atoms with van der Waals surface area (Å²) < 4.78 is 6.57. The molecule has 8 heteroatoms. The zero-order valence-electron chi connectivity index (χ0n) is 13.3. The lowest BCUT2D eigenvalue weighted by Crippen LogP contribution is -2.28. The molecule has 8 nitrogen and oxygen atoms in total. The quantitative estimate of drug-likeness (QED) is 0.517. The average Bonchev–Trinajstić information content (AvgIpc) is 2.73. The summed E-state index contributed by atoms with van der Waals surface area (Å²) in [6.45, 7) is 4.87. The van der Waals surface area contributed by atoms with Crippen LogP contribution in [0.2, 0.25) is 0 Å². The molecule has 0 aliphatic carbocycles. The Balaban J connectivity index is 2.67. The fraction of sp³-hybridized carbons (Fsp3) is 0.769. The number of ether oxygens (including phenoxy) is 1. The second-order valence-corrected chi connectivity index (χ2v) is 5.00. The van der Waals surface area contributed by atoms with Gasteiger partial charge in [0.25, 0.3) is 0 Å². The van der Waals surface area contributed by atoms with Crippen LogP contribution < -0.4 is 5.32 Å². The smallest absolute Gasteiger partial charge is 0.333 e. The average molecular weight is 299 g/mol. The molecule has 0 unspecified atom stereocenters. The van der Waals surface area contributed by atoms with E-state index in [2.05, 4.69) is 15.3 Å². The van der Waals surface area contributed by atoms with E-state index in [4.69, 9.17) is 4.74 Å². The molecule has 0 radical (unpaired) electrons. The summed E-state index contributed by atoms with van der Waals surface area (Å²) in [7, 11) is 5.38. The van der Waals surface area contributed by atoms with Crippen LogP contribution in [-0.4, -0.2) is 60.0 Å². The van der Waals surface area contributed by atoms with Gasteiger partial charge >= 0.3 is 5.69 Å². The largest absolute Gasteiger partial charge is 0.383 e. The number of hydrogen-bond acceptors (Lipinski definition) is 6. The van der Waals surface area contributed by atoms with Crippen molar-refractivity contribution in [2.75, 3.05) is 45.7 Å². The minimum atomic E-state index is -0.352. The normalized spacial score (nSPS) is 11.1. The van der Waals surface area contributed by atoms with Gasteiger partial charge in [0.15, 0.2) is 0 Å². The van der Waals surface area contributed by atoms with Crippen LogP contribution in [-0.2, 0) is 18.2 Å². The van der Waals surface area contributed by atoms with Gasteiger partial charge in [-0.15, -0.1) is 0 Å². The van der Waals surface area contributed by atoms with Crippen molar-refractivity contribution < 1.29 is 9.66 Å². The Morgan fingerprint density at radius 2 is 2.19 bits per heavy atom. The fourth-order valence-corrected chi connectivity index (χ4v) is 2.09. The lowest BCUT2D eigenvalue weighted by molar-refractivity contribution is -0.384. The van der Waals surface area contributed by atoms with Crippen LogP contribution in [0.5, 0.6) is 0 Å². The molecule has 0 fully saturated rings. The van der Waals surface area contributed by atoms with Crippen molar-refractivity contribution in [1.82, 2.24) is 14.7 Å². The lowest BCUT2D eigenvalue weighted by Gasteiger charge is -2.16. The fourth-order valence-electron chi connectivity index (χ4n) is 2.09. The number of nitrogens with zero attached hydrogens (tertiary/aromatic N) is 4. The van der Waals surface area contributed by atoms with Gasteiger partial charge in [-0.1, -0.05) is 13.3 Å². The van der Waals surface area contributed by atoms with Crippen molar-refractivity contribution in [2.24, 2.45) is 7.05 Å². The number of likely N-dealkylation sites (N-methyl/N-ethyl adjacent to an activating group) is 1. The molecular weight excluding hydrogens is 274 g/mol. The summed E-state index contributed by atoms with van der Waals surface area (Å²) in [6, 6.07) is 0. The van der Waals surface area contributed by atoms with Gasteiger partial charge in [-0.05, 0) is 13.5 Å². The maximum absolute atomic E-state index is 11.3. The van der Waals surface area contributed by atoms with Crippen LogP contribution in [0.25, 0.3) is 0 Å². The van der Waals surface area contributed by atoms with Gasteiger partial charge in [0.05, 0.1) is 11.5 Å². The molecule has 0 saturated carbocycles. The zero-order valence-corrected chi connectivity index (χ0v) is 13.3. The highest BCUT2D eigenvalue weighted by atomic mass is 16.6. The second-order valence-electron chi connectivity index (χ2n) is 5.00. The van der Waals surface area contributed by atoms with Crippen molar-refractivity contribution in [1.29, 1.82) is 0 Å². The van der Waals surface area contributed by atoms with Crippen LogP contribution in [0.4, 0.5) is 11.5 Å². The molecule has 0 bridgehead atoms. The summed E-state index contributed by atoms with van der Waals surface area (Å²) >= 11 is 0. The maximum atomic E-state index is 11.3. The molecule has 0 atom stereocenters. The summed E-state index contributed by atoms with van der Waals surface area (Å²) in [6.07, 6.45) is 1.44. The van der Waals surface area contributed by atoms with Crippen LogP contribution in [0.15, 0.2) is 0 Å². The third-order valence-corrected chi connectivity index (χ3v) is 3.22. The first-order valence-electron chi connectivity index (χ1n) is 7.12. The van der Waals surface area contributed by atoms with Crippen molar-refractivity contribution in [3.05, 3.63) is 15.8 Å². The van der Waals surface area contributed by atoms with Gasteiger partial charge in [0.1, 0.15) is 5.69 Å². The molecule has 1 N–H and O–H groups in total. The van der Waals surface area contributed by atoms with E-state index in [-0.39, 0.29) is 10.6 Å². The predicted molar refractivity (Wildman–Crippen MR) is 81.7 cm³/mol. The topological polar surface area (TPSA) is 85.5 Å². The molecule has 1 heterocycles. The maximum Gasteiger partial charge on any atom is 0.333 e. The Labute approximate surface area is 125 Å². The van der Waals surface area contributed by atoms with Crippen molar-refractivity contribution >= 4 is 11.5 Å². The predicted octanol–water partition coefficient (Wildman–Crippen LogP) is 1.27. The summed E-state index contributed by atoms with van der Waals surface area (Å²) in [5, 5.41) is 18.6. The van der Waals surface area contributed by atoms with E-state index in [0.717, 1.165) is 19.5 Å². The van der Waals surface area contributed by atoms with E-state index in [9.17, 15) is 10.1 Å². The summed E-state index contributed by atoms with van der Waals surface area (Å²) in [4.78, 5) is 13.0. The zero-order chi connectivity index (χ0) is 15.8. The first-order chi connectivity index (χ1) is 10.0. The molecule has 0 aliphatic heterocycles. The highest BCUT2D eigenvalue weighted by molar-refractivity contribution is 5.59. The van der Waals surface area contributed by atoms with Crippen LogP contribution in [0, 0.1) is 10.1 Å². The number of methoxy groups -OCH3 is 1. The highest BCUT2D eigenvalue weighted by Gasteiger charge is 2.25. The molecule has 1 aromatic rings. The minimum Gasteiger partial charge on any atom is -0.383 e. The van der Waals surface area contributed by atoms with Crippen LogP contribution in [0.3, 0.4) is 0 Å². The molecule has 0 saturated heterocycles. The highest BCUT2D eigenvalue weighted by Crippen LogP contribution is 2.28. The van der Waals surface area contributed by atoms with Crippen LogP contribution >= 0.6 is 0 Å². The third kappa shape index (κ3) is 4.98. The molecule has 0 aliphatic rings. The Hall–Kier alpha value is -1.67. The molecule has 1 rings (SSSR count). The summed E-state index contributed by atoms with van der Waals surface area (Å²) in [5.41, 5.74) is 0.638. The number of rotatable bonds is 10. The Morgan fingerprint density at radius 1 is 1.48 bits per heavy atom. The van der Waals surface area contributed by atoms with Crippen molar-refractivity contribution in [3.63, 3.8) is 0 Å². The first-order valence-corrected chi connectivity index (χ1v) is 7.12. The SMILES string of the molecule is CCCc1nn(C)c(NCCN(C)CCOC)c1[N+](=O)[O-]. The molecule has 1 aromatic heterocycles. The van der Waals surface area contributed by atoms with Gasteiger partial charge in [0.2, 0.25) is 5.82 Å². The molecule has 0 aromatic carbocycles. The Bertz CT molecular complexity index is 461. The van der Waals surface area contributed by atoms with Gasteiger partial charge in [-0.2, -0.15) is 5.10 Å². The van der Waals surface area contributed by atoms with E-state index in [0.29, 0.717) is 31.1 Å². The number of hydrogen-bond donors (Lipinski definition) is 1. The van der Waals surface area contributed by atoms with Gasteiger partial charge in [0, 0.05) is 33.8 Å². The van der Waals surface area contributed by atoms with Crippen molar-refractivity contribution in [2.45, 2.75) is 19.8 Å². The van der Waals surface area contributed by atoms with Crippen molar-refractivity contribution in [3.8, 4) is 0 Å². The van der Waals surface area contributed by atoms with E-state index in [1.165, 1.54) is 0 Å². The van der Waals surface area contributed by atoms with Gasteiger partial charge in [-0.3, -0.25) is 10.1 Å². The Morgan fingerprint density at radius 3 is 2.76 bits per heavy atom. The Kier molecular flexibility index (Phi) is 7.10. The monoisotopic (exact) mass is 299 g/mol. The minimum absolute atomic E-state index is 0.0962. The molecule has 0 spiro atoms. The van der Waals surface area contributed by atoms with E-state index in [1.54, 1.807) is 18.8 Å². The lowest BCUT2D eigenvalue weighted by atomic mass is 10.2. The molecule has 120 valence electrons. The second kappa shape index (κ2) is 8.58. The number of nitrogens with one attached hydrogen (secondary N) is 1. The van der Waals surface area contributed by atoms with Gasteiger partial charge in [-0.25, -0.2) is 4.68 Å². The number of nitro groups is 1. The van der Waals surface area contributed by atoms with E-state index >= 15 is 0 Å². The molecule has 21 heavy (non-hydrogen) atoms. The molecular formula is C13H25N5O3. The number of anilines is 1.